The monoisotopic (exact) mass is 276 g/mol. The number of nitrogens with one attached hydrogen (secondary N) is 1. The van der Waals surface area contributed by atoms with Crippen LogP contribution in [0.5, 0.6) is 0 Å². The zero-order valence-electron chi connectivity index (χ0n) is 8.57. The second kappa shape index (κ2) is 4.78. The number of halogens is 3. The van der Waals surface area contributed by atoms with Crippen LogP contribution in [0.2, 0.25) is 0 Å². The predicted molar refractivity (Wildman–Crippen MR) is 50.3 cm³/mol. The van der Waals surface area contributed by atoms with Crippen molar-refractivity contribution in [1.29, 1.82) is 0 Å². The first kappa shape index (κ1) is 14.2. The van der Waals surface area contributed by atoms with Gasteiger partial charge in [0.1, 0.15) is 12.6 Å². The van der Waals surface area contributed by atoms with Crippen LogP contribution in [0.4, 0.5) is 13.2 Å². The van der Waals surface area contributed by atoms with Gasteiger partial charge in [-0.15, -0.1) is 0 Å². The maximum Gasteiger partial charge on any atom is 0.402 e. The third kappa shape index (κ3) is 3.82. The molecule has 0 amide bonds. The van der Waals surface area contributed by atoms with Crippen LogP contribution >= 0.6 is 0 Å². The molecule has 0 bridgehead atoms. The summed E-state index contributed by atoms with van der Waals surface area (Å²) in [7, 11) is -4.40. The standard InChI is InChI=1S/C7H11F3N2O4S/c8-7(9,10)4-11-17(15,16)12-3-1-2-5(12)6(13)14/h5,11H,1-4H2,(H,13,14)/t5-/m0/s1. The Balaban J connectivity index is 2.73. The van der Waals surface area contributed by atoms with Gasteiger partial charge in [0.05, 0.1) is 0 Å². The highest BCUT2D eigenvalue weighted by atomic mass is 32.2. The fraction of sp³-hybridized carbons (Fsp3) is 0.857. The molecule has 1 heterocycles. The third-order valence-corrected chi connectivity index (χ3v) is 3.82. The fourth-order valence-corrected chi connectivity index (χ4v) is 2.94. The second-order valence-corrected chi connectivity index (χ2v) is 5.26. The normalized spacial score (nSPS) is 22.9. The molecule has 0 unspecified atom stereocenters. The highest BCUT2D eigenvalue weighted by molar-refractivity contribution is 7.87. The highest BCUT2D eigenvalue weighted by Crippen LogP contribution is 2.21. The van der Waals surface area contributed by atoms with Gasteiger partial charge < -0.3 is 5.11 Å². The predicted octanol–water partition coefficient (Wildman–Crippen LogP) is -0.0679. The van der Waals surface area contributed by atoms with E-state index in [1.807, 2.05) is 0 Å². The van der Waals surface area contributed by atoms with Gasteiger partial charge in [0.25, 0.3) is 10.2 Å². The van der Waals surface area contributed by atoms with E-state index in [-0.39, 0.29) is 13.0 Å². The molecule has 17 heavy (non-hydrogen) atoms. The number of alkyl halides is 3. The Morgan fingerprint density at radius 2 is 2.06 bits per heavy atom. The number of nitrogens with zero attached hydrogens (tertiary/aromatic N) is 1. The topological polar surface area (TPSA) is 86.7 Å². The Bertz CT molecular complexity index is 394. The minimum atomic E-state index is -4.68. The van der Waals surface area contributed by atoms with Crippen molar-refractivity contribution in [2.75, 3.05) is 13.1 Å². The molecule has 10 heteroatoms. The van der Waals surface area contributed by atoms with E-state index in [1.165, 1.54) is 4.72 Å². The summed E-state index contributed by atoms with van der Waals surface area (Å²) in [6.07, 6.45) is -4.27. The Morgan fingerprint density at radius 1 is 1.47 bits per heavy atom. The number of aliphatic carboxylic acids is 1. The molecule has 1 atom stereocenters. The molecular weight excluding hydrogens is 265 g/mol. The lowest BCUT2D eigenvalue weighted by molar-refractivity contribution is -0.140. The van der Waals surface area contributed by atoms with Crippen molar-refractivity contribution in [2.24, 2.45) is 0 Å². The molecule has 1 aliphatic heterocycles. The summed E-state index contributed by atoms with van der Waals surface area (Å²) in [5.41, 5.74) is 0. The van der Waals surface area contributed by atoms with Crippen LogP contribution in [0, 0.1) is 0 Å². The zero-order valence-corrected chi connectivity index (χ0v) is 9.38. The minimum absolute atomic E-state index is 0.0931. The summed E-state index contributed by atoms with van der Waals surface area (Å²) in [5, 5.41) is 8.72. The van der Waals surface area contributed by atoms with Crippen LogP contribution in [0.1, 0.15) is 12.8 Å². The lowest BCUT2D eigenvalue weighted by Gasteiger charge is -2.21. The number of rotatable bonds is 4. The van der Waals surface area contributed by atoms with Crippen LogP contribution < -0.4 is 4.72 Å². The van der Waals surface area contributed by atoms with Gasteiger partial charge in [0.15, 0.2) is 0 Å². The summed E-state index contributed by atoms with van der Waals surface area (Å²) < 4.78 is 60.4. The van der Waals surface area contributed by atoms with Gasteiger partial charge >= 0.3 is 12.1 Å². The Kier molecular flexibility index (Phi) is 3.99. The van der Waals surface area contributed by atoms with Gasteiger partial charge in [-0.2, -0.15) is 30.6 Å². The van der Waals surface area contributed by atoms with Crippen LogP contribution in [-0.2, 0) is 15.0 Å². The van der Waals surface area contributed by atoms with Crippen molar-refractivity contribution < 1.29 is 31.5 Å². The molecule has 1 aliphatic rings. The number of hydrogen-bond acceptors (Lipinski definition) is 3. The van der Waals surface area contributed by atoms with E-state index in [4.69, 9.17) is 5.11 Å². The molecular formula is C7H11F3N2O4S. The molecule has 1 rings (SSSR count). The Morgan fingerprint density at radius 3 is 2.53 bits per heavy atom. The average Bonchev–Trinajstić information content (AvgIpc) is 2.62. The minimum Gasteiger partial charge on any atom is -0.480 e. The van der Waals surface area contributed by atoms with Gasteiger partial charge in [-0.25, -0.2) is 0 Å². The maximum absolute atomic E-state index is 11.9. The van der Waals surface area contributed by atoms with Gasteiger partial charge in [0.2, 0.25) is 0 Å². The molecule has 0 radical (unpaired) electrons. The molecule has 0 aromatic rings. The smallest absolute Gasteiger partial charge is 0.402 e. The van der Waals surface area contributed by atoms with Crippen LogP contribution in [0.15, 0.2) is 0 Å². The summed E-state index contributed by atoms with van der Waals surface area (Å²) in [4.78, 5) is 10.7. The third-order valence-electron chi connectivity index (χ3n) is 2.25. The molecule has 6 nitrogen and oxygen atoms in total. The van der Waals surface area contributed by atoms with E-state index in [2.05, 4.69) is 0 Å². The van der Waals surface area contributed by atoms with Crippen molar-refractivity contribution >= 4 is 16.2 Å². The van der Waals surface area contributed by atoms with Crippen molar-refractivity contribution in [3.05, 3.63) is 0 Å². The average molecular weight is 276 g/mol. The lowest BCUT2D eigenvalue weighted by atomic mass is 10.2. The number of hydrogen-bond donors (Lipinski definition) is 2. The zero-order chi connectivity index (χ0) is 13.3. The van der Waals surface area contributed by atoms with Crippen LogP contribution in [-0.4, -0.2) is 49.1 Å². The summed E-state index contributed by atoms with van der Waals surface area (Å²) in [6.45, 7) is -1.80. The molecule has 2 N–H and O–H groups in total. The first-order valence-electron chi connectivity index (χ1n) is 4.69. The summed E-state index contributed by atoms with van der Waals surface area (Å²) in [6, 6.07) is -1.29. The Hall–Kier alpha value is -0.870. The van der Waals surface area contributed by atoms with Crippen molar-refractivity contribution in [1.82, 2.24) is 9.03 Å². The molecule has 0 saturated carbocycles. The van der Waals surface area contributed by atoms with E-state index in [1.54, 1.807) is 0 Å². The van der Waals surface area contributed by atoms with Crippen LogP contribution in [0.25, 0.3) is 0 Å². The SMILES string of the molecule is O=C(O)[C@@H]1CCCN1S(=O)(=O)NCC(F)(F)F. The number of carboxylic acid groups (broad SMARTS) is 1. The van der Waals surface area contributed by atoms with E-state index in [0.29, 0.717) is 10.7 Å². The van der Waals surface area contributed by atoms with Crippen molar-refractivity contribution in [3.63, 3.8) is 0 Å². The van der Waals surface area contributed by atoms with E-state index in [0.717, 1.165) is 0 Å². The molecule has 0 spiro atoms. The lowest BCUT2D eigenvalue weighted by Crippen LogP contribution is -2.48. The first-order valence-corrected chi connectivity index (χ1v) is 6.13. The molecule has 0 aromatic carbocycles. The van der Waals surface area contributed by atoms with E-state index >= 15 is 0 Å². The molecule has 0 aliphatic carbocycles. The molecule has 100 valence electrons. The molecule has 0 aromatic heterocycles. The van der Waals surface area contributed by atoms with E-state index < -0.39 is 34.9 Å². The molecule has 1 saturated heterocycles. The maximum atomic E-state index is 11.9. The van der Waals surface area contributed by atoms with E-state index in [9.17, 15) is 26.4 Å². The molecule has 1 fully saturated rings. The highest BCUT2D eigenvalue weighted by Gasteiger charge is 2.40. The summed E-state index contributed by atoms with van der Waals surface area (Å²) in [5.74, 6) is -1.36. The van der Waals surface area contributed by atoms with Gasteiger partial charge in [-0.05, 0) is 12.8 Å². The van der Waals surface area contributed by atoms with Crippen molar-refractivity contribution in [2.45, 2.75) is 25.1 Å². The van der Waals surface area contributed by atoms with Gasteiger partial charge in [0, 0.05) is 6.54 Å². The first-order chi connectivity index (χ1) is 7.63. The van der Waals surface area contributed by atoms with Crippen molar-refractivity contribution in [3.8, 4) is 0 Å². The quantitative estimate of drug-likeness (QED) is 0.752. The van der Waals surface area contributed by atoms with Gasteiger partial charge in [-0.1, -0.05) is 0 Å². The largest absolute Gasteiger partial charge is 0.480 e. The number of carbonyl (C=O) groups is 1. The summed E-state index contributed by atoms with van der Waals surface area (Å²) >= 11 is 0. The second-order valence-electron chi connectivity index (χ2n) is 3.55. The fourth-order valence-electron chi connectivity index (χ4n) is 1.53. The van der Waals surface area contributed by atoms with Gasteiger partial charge in [-0.3, -0.25) is 4.79 Å². The van der Waals surface area contributed by atoms with Crippen LogP contribution in [0.3, 0.4) is 0 Å². The Labute approximate surface area is 95.6 Å². The number of carboxylic acids is 1.